The lowest BCUT2D eigenvalue weighted by Crippen LogP contribution is -2.36. The molecule has 1 aliphatic rings. The first-order valence-electron chi connectivity index (χ1n) is 13.5. The second kappa shape index (κ2) is 14.4. The van der Waals surface area contributed by atoms with E-state index in [4.69, 9.17) is 4.74 Å². The van der Waals surface area contributed by atoms with E-state index in [9.17, 15) is 38.1 Å². The highest BCUT2D eigenvalue weighted by Crippen LogP contribution is 2.35. The average Bonchev–Trinajstić information content (AvgIpc) is 3.26. The number of nitrogens with one attached hydrogen (secondary N) is 2. The van der Waals surface area contributed by atoms with Gasteiger partial charge in [-0.25, -0.2) is 8.78 Å². The number of nitro benzene ring substituents is 1. The summed E-state index contributed by atoms with van der Waals surface area (Å²) < 4.78 is 32.9. The van der Waals surface area contributed by atoms with Gasteiger partial charge in [0.15, 0.2) is 6.61 Å². The maximum Gasteiger partial charge on any atom is 0.294 e. The molecule has 0 saturated carbocycles. The van der Waals surface area contributed by atoms with Gasteiger partial charge in [-0.3, -0.25) is 34.2 Å². The van der Waals surface area contributed by atoms with Crippen molar-refractivity contribution in [2.45, 2.75) is 13.8 Å². The number of hydrogen-bond acceptors (Lipinski definition) is 9. The number of nitro groups is 1. The summed E-state index contributed by atoms with van der Waals surface area (Å²) in [6.07, 6.45) is 1.39. The van der Waals surface area contributed by atoms with E-state index in [0.717, 1.165) is 17.8 Å². The van der Waals surface area contributed by atoms with E-state index in [2.05, 4.69) is 10.6 Å². The summed E-state index contributed by atoms with van der Waals surface area (Å²) in [6, 6.07) is 13.1. The van der Waals surface area contributed by atoms with Crippen LogP contribution in [-0.2, 0) is 14.4 Å². The van der Waals surface area contributed by atoms with Gasteiger partial charge in [0.1, 0.15) is 23.9 Å². The van der Waals surface area contributed by atoms with Gasteiger partial charge in [-0.05, 0) is 62.0 Å². The topological polar surface area (TPSA) is 151 Å². The fraction of sp³-hybridized carbons (Fsp3) is 0.200. The van der Waals surface area contributed by atoms with Gasteiger partial charge in [0.05, 0.1) is 15.5 Å². The number of thioether (sulfide) groups is 1. The number of carbonyl (C=O) groups excluding carboxylic acids is 4. The molecule has 45 heavy (non-hydrogen) atoms. The number of carbonyl (C=O) groups is 4. The van der Waals surface area contributed by atoms with Crippen LogP contribution in [0.1, 0.15) is 19.4 Å². The normalized spacial score (nSPS) is 13.6. The molecule has 0 unspecified atom stereocenters. The van der Waals surface area contributed by atoms with Gasteiger partial charge in [-0.15, -0.1) is 0 Å². The smallest absolute Gasteiger partial charge is 0.294 e. The number of nitrogens with zero attached hydrogens (tertiary/aromatic N) is 3. The molecule has 1 fully saturated rings. The molecule has 0 atom stereocenters. The number of ether oxygens (including phenoxy) is 1. The van der Waals surface area contributed by atoms with Gasteiger partial charge in [-0.2, -0.15) is 0 Å². The third-order valence-corrected chi connectivity index (χ3v) is 7.40. The highest BCUT2D eigenvalue weighted by molar-refractivity contribution is 8.18. The summed E-state index contributed by atoms with van der Waals surface area (Å²) >= 11 is 0.583. The minimum Gasteiger partial charge on any atom is -0.483 e. The van der Waals surface area contributed by atoms with Crippen LogP contribution in [0.5, 0.6) is 5.75 Å². The molecule has 4 amide bonds. The fourth-order valence-electron chi connectivity index (χ4n) is 4.29. The number of amides is 4. The molecule has 2 N–H and O–H groups in total. The zero-order valence-electron chi connectivity index (χ0n) is 24.0. The van der Waals surface area contributed by atoms with Crippen LogP contribution in [0, 0.1) is 21.7 Å². The van der Waals surface area contributed by atoms with Crippen LogP contribution in [0.25, 0.3) is 6.08 Å². The number of halogens is 2. The van der Waals surface area contributed by atoms with Crippen molar-refractivity contribution in [2.75, 3.05) is 41.8 Å². The van der Waals surface area contributed by atoms with Gasteiger partial charge < -0.3 is 20.3 Å². The Bertz CT molecular complexity index is 1700. The van der Waals surface area contributed by atoms with Crippen molar-refractivity contribution >= 4 is 63.5 Å². The van der Waals surface area contributed by atoms with Crippen LogP contribution < -0.4 is 20.3 Å². The number of hydrogen-bond donors (Lipinski definition) is 2. The Kier molecular flexibility index (Phi) is 10.5. The first-order chi connectivity index (χ1) is 21.5. The Balaban J connectivity index is 1.51. The van der Waals surface area contributed by atoms with Crippen LogP contribution in [0.3, 0.4) is 0 Å². The lowest BCUT2D eigenvalue weighted by Gasteiger charge is -2.22. The molecule has 4 rings (SSSR count). The highest BCUT2D eigenvalue weighted by atomic mass is 32.2. The summed E-state index contributed by atoms with van der Waals surface area (Å²) in [4.78, 5) is 64.0. The van der Waals surface area contributed by atoms with Gasteiger partial charge >= 0.3 is 0 Å². The molecule has 1 heterocycles. The van der Waals surface area contributed by atoms with Crippen molar-refractivity contribution in [3.05, 3.63) is 92.9 Å². The second-order valence-electron chi connectivity index (χ2n) is 9.48. The summed E-state index contributed by atoms with van der Waals surface area (Å²) in [5.41, 5.74) is 0.821. The third kappa shape index (κ3) is 8.20. The van der Waals surface area contributed by atoms with Crippen molar-refractivity contribution in [1.29, 1.82) is 0 Å². The molecule has 12 nitrogen and oxygen atoms in total. The molecule has 1 aliphatic heterocycles. The van der Waals surface area contributed by atoms with Gasteiger partial charge in [-0.1, -0.05) is 6.07 Å². The molecular weight excluding hydrogens is 612 g/mol. The number of imide groups is 1. The lowest BCUT2D eigenvalue weighted by atomic mass is 10.1. The molecule has 0 bridgehead atoms. The molecule has 0 aliphatic carbocycles. The highest BCUT2D eigenvalue weighted by Gasteiger charge is 2.36. The zero-order valence-corrected chi connectivity index (χ0v) is 24.9. The first kappa shape index (κ1) is 32.6. The molecule has 0 spiro atoms. The van der Waals surface area contributed by atoms with Gasteiger partial charge in [0, 0.05) is 54.3 Å². The molecule has 15 heteroatoms. The van der Waals surface area contributed by atoms with Gasteiger partial charge in [0.25, 0.3) is 22.7 Å². The predicted molar refractivity (Wildman–Crippen MR) is 165 cm³/mol. The maximum absolute atomic E-state index is 13.9. The number of benzene rings is 3. The Labute approximate surface area is 260 Å². The minimum atomic E-state index is -1.02. The Morgan fingerprint density at radius 1 is 1.02 bits per heavy atom. The van der Waals surface area contributed by atoms with Gasteiger partial charge in [0.2, 0.25) is 5.91 Å². The van der Waals surface area contributed by atoms with E-state index in [0.29, 0.717) is 41.4 Å². The molecule has 3 aromatic carbocycles. The third-order valence-electron chi connectivity index (χ3n) is 6.49. The van der Waals surface area contributed by atoms with E-state index in [1.807, 2.05) is 18.7 Å². The molecular formula is C30H27F2N5O7S. The van der Waals surface area contributed by atoms with Crippen molar-refractivity contribution < 1.29 is 37.6 Å². The van der Waals surface area contributed by atoms with Crippen molar-refractivity contribution in [1.82, 2.24) is 4.90 Å². The van der Waals surface area contributed by atoms with Crippen molar-refractivity contribution in [2.24, 2.45) is 0 Å². The molecule has 0 radical (unpaired) electrons. The number of non-ortho nitro benzene ring substituents is 1. The summed E-state index contributed by atoms with van der Waals surface area (Å²) in [5.74, 6) is -3.88. The molecule has 234 valence electrons. The Hall–Kier alpha value is -5.31. The van der Waals surface area contributed by atoms with Crippen LogP contribution in [0.4, 0.5) is 36.3 Å². The van der Waals surface area contributed by atoms with Crippen LogP contribution in [0.2, 0.25) is 0 Å². The first-order valence-corrected chi connectivity index (χ1v) is 14.4. The number of anilines is 3. The van der Waals surface area contributed by atoms with Crippen molar-refractivity contribution in [3.8, 4) is 5.75 Å². The van der Waals surface area contributed by atoms with Crippen LogP contribution in [-0.4, -0.2) is 59.0 Å². The van der Waals surface area contributed by atoms with Crippen LogP contribution in [0.15, 0.2) is 65.6 Å². The predicted octanol–water partition coefficient (Wildman–Crippen LogP) is 5.41. The maximum atomic E-state index is 13.9. The van der Waals surface area contributed by atoms with E-state index >= 15 is 0 Å². The summed E-state index contributed by atoms with van der Waals surface area (Å²) in [7, 11) is 0. The summed E-state index contributed by atoms with van der Waals surface area (Å²) in [6.45, 7) is 4.08. The molecule has 0 aromatic heterocycles. The monoisotopic (exact) mass is 639 g/mol. The minimum absolute atomic E-state index is 0.0257. The quantitative estimate of drug-likeness (QED) is 0.151. The zero-order chi connectivity index (χ0) is 32.7. The molecule has 1 saturated heterocycles. The van der Waals surface area contributed by atoms with E-state index in [1.165, 1.54) is 30.3 Å². The number of rotatable bonds is 12. The van der Waals surface area contributed by atoms with E-state index < -0.39 is 52.7 Å². The van der Waals surface area contributed by atoms with Crippen molar-refractivity contribution in [3.63, 3.8) is 0 Å². The Morgan fingerprint density at radius 3 is 2.47 bits per heavy atom. The summed E-state index contributed by atoms with van der Waals surface area (Å²) in [5, 5.41) is 15.1. The average molecular weight is 640 g/mol. The largest absolute Gasteiger partial charge is 0.483 e. The standard InChI is InChI=1S/C30H27F2N5O7S/c1-3-35(4-2)21-10-8-18(25(15-21)44-17-28(39)33-20-6-5-7-22(14-20)37(42)43)12-26-29(40)36(30(41)45-26)16-27(38)34-24-11-9-19(31)13-23(24)32/h5-15H,3-4,16-17H2,1-2H3,(H,33,39)(H,34,38)/b26-12+. The van der Waals surface area contributed by atoms with Crippen LogP contribution >= 0.6 is 11.8 Å². The van der Waals surface area contributed by atoms with E-state index in [-0.39, 0.29) is 27.7 Å². The second-order valence-corrected chi connectivity index (χ2v) is 10.5. The Morgan fingerprint density at radius 2 is 1.78 bits per heavy atom. The SMILES string of the molecule is CCN(CC)c1ccc(/C=C2/SC(=O)N(CC(=O)Nc3ccc(F)cc3F)C2=O)c(OCC(=O)Nc2cccc([N+](=O)[O-])c2)c1. The lowest BCUT2D eigenvalue weighted by molar-refractivity contribution is -0.384. The fourth-order valence-corrected chi connectivity index (χ4v) is 5.12. The molecule has 3 aromatic rings. The van der Waals surface area contributed by atoms with E-state index in [1.54, 1.807) is 18.2 Å².